The van der Waals surface area contributed by atoms with Crippen molar-refractivity contribution < 1.29 is 0 Å². The van der Waals surface area contributed by atoms with Crippen molar-refractivity contribution in [3.8, 4) is 0 Å². The Bertz CT molecular complexity index is 543. The van der Waals surface area contributed by atoms with Crippen LogP contribution in [-0.2, 0) is 0 Å². The third-order valence-electron chi connectivity index (χ3n) is 3.36. The highest BCUT2D eigenvalue weighted by molar-refractivity contribution is 7.80. The molecule has 2 aromatic rings. The minimum absolute atomic E-state index is 0.00569. The first-order valence-corrected chi connectivity index (χ1v) is 6.69. The number of likely N-dealkylation sites (N-methyl/N-ethyl adjacent to an activating group) is 1. The lowest BCUT2D eigenvalue weighted by atomic mass is 10.0. The number of nitrogens with zero attached hydrogens (tertiary/aromatic N) is 1. The summed E-state index contributed by atoms with van der Waals surface area (Å²) in [5, 5.41) is 1.20. The van der Waals surface area contributed by atoms with E-state index in [2.05, 4.69) is 35.9 Å². The Hall–Kier alpha value is -1.39. The molecule has 18 heavy (non-hydrogen) atoms. The number of benzene rings is 1. The van der Waals surface area contributed by atoms with Crippen molar-refractivity contribution in [3.63, 3.8) is 0 Å². The van der Waals surface area contributed by atoms with E-state index in [1.165, 1.54) is 10.9 Å². The van der Waals surface area contributed by atoms with Gasteiger partial charge in [0, 0.05) is 22.7 Å². The highest BCUT2D eigenvalue weighted by Gasteiger charge is 2.23. The summed E-state index contributed by atoms with van der Waals surface area (Å²) < 4.78 is 0. The normalized spacial score (nSPS) is 13.1. The number of fused-ring (bicyclic) bond motifs is 1. The van der Waals surface area contributed by atoms with Gasteiger partial charge >= 0.3 is 0 Å². The van der Waals surface area contributed by atoms with Gasteiger partial charge in [0.1, 0.15) is 0 Å². The second kappa shape index (κ2) is 5.50. The molecule has 3 nitrogen and oxygen atoms in total. The molecule has 0 aliphatic heterocycles. The maximum Gasteiger partial charge on any atom is 0.0949 e. The molecule has 0 aliphatic carbocycles. The molecule has 0 aliphatic rings. The van der Waals surface area contributed by atoms with E-state index in [4.69, 9.17) is 18.0 Å². The number of nitrogens with one attached hydrogen (secondary N) is 1. The van der Waals surface area contributed by atoms with E-state index in [0.29, 0.717) is 4.99 Å². The summed E-state index contributed by atoms with van der Waals surface area (Å²) in [4.78, 5) is 6.09. The van der Waals surface area contributed by atoms with Gasteiger partial charge in [0.2, 0.25) is 0 Å². The van der Waals surface area contributed by atoms with Gasteiger partial charge in [0.05, 0.1) is 11.0 Å². The van der Waals surface area contributed by atoms with Gasteiger partial charge in [-0.3, -0.25) is 4.90 Å². The molecule has 3 N–H and O–H groups in total. The molecular formula is C14H19N3S. The van der Waals surface area contributed by atoms with Crippen LogP contribution in [0, 0.1) is 0 Å². The van der Waals surface area contributed by atoms with Gasteiger partial charge in [-0.25, -0.2) is 0 Å². The van der Waals surface area contributed by atoms with Crippen LogP contribution in [0.5, 0.6) is 0 Å². The highest BCUT2D eigenvalue weighted by atomic mass is 32.1. The second-order valence-corrected chi connectivity index (χ2v) is 4.79. The van der Waals surface area contributed by atoms with Gasteiger partial charge in [0.25, 0.3) is 0 Å². The molecule has 1 atom stereocenters. The van der Waals surface area contributed by atoms with Gasteiger partial charge < -0.3 is 10.7 Å². The van der Waals surface area contributed by atoms with E-state index in [9.17, 15) is 0 Å². The van der Waals surface area contributed by atoms with E-state index in [1.54, 1.807) is 0 Å². The van der Waals surface area contributed by atoms with Gasteiger partial charge in [-0.15, -0.1) is 0 Å². The largest absolute Gasteiger partial charge is 0.392 e. The minimum Gasteiger partial charge on any atom is -0.392 e. The third-order valence-corrected chi connectivity index (χ3v) is 3.59. The van der Waals surface area contributed by atoms with Crippen molar-refractivity contribution in [2.75, 3.05) is 13.1 Å². The van der Waals surface area contributed by atoms with E-state index in [-0.39, 0.29) is 6.04 Å². The maximum absolute atomic E-state index is 5.95. The number of hydrogen-bond acceptors (Lipinski definition) is 2. The molecule has 1 aromatic heterocycles. The molecule has 0 saturated carbocycles. The minimum atomic E-state index is 0.00569. The average Bonchev–Trinajstić information content (AvgIpc) is 2.79. The number of thiocarbonyl (C=S) groups is 1. The number of rotatable bonds is 5. The second-order valence-electron chi connectivity index (χ2n) is 4.32. The standard InChI is InChI=1S/C14H19N3S/c1-3-17(4-2)13(14(15)18)11-9-16-12-8-6-5-7-10(11)12/h5-9,13,16H,3-4H2,1-2H3,(H2,15,18). The van der Waals surface area contributed by atoms with Crippen LogP contribution in [0.2, 0.25) is 0 Å². The zero-order valence-electron chi connectivity index (χ0n) is 10.8. The lowest BCUT2D eigenvalue weighted by Gasteiger charge is -2.28. The lowest BCUT2D eigenvalue weighted by molar-refractivity contribution is 0.273. The first kappa shape index (κ1) is 13.1. The fraction of sp³-hybridized carbons (Fsp3) is 0.357. The number of H-pyrrole nitrogens is 1. The Morgan fingerprint density at radius 1 is 1.33 bits per heavy atom. The van der Waals surface area contributed by atoms with E-state index in [0.717, 1.165) is 18.6 Å². The topological polar surface area (TPSA) is 45.0 Å². The number of aromatic amines is 1. The van der Waals surface area contributed by atoms with Crippen LogP contribution in [0.15, 0.2) is 30.5 Å². The van der Waals surface area contributed by atoms with Crippen molar-refractivity contribution in [1.29, 1.82) is 0 Å². The number of nitrogens with two attached hydrogens (primary N) is 1. The van der Waals surface area contributed by atoms with Crippen LogP contribution < -0.4 is 5.73 Å². The van der Waals surface area contributed by atoms with Crippen LogP contribution in [-0.4, -0.2) is 28.0 Å². The molecule has 0 amide bonds. The Balaban J connectivity index is 2.51. The monoisotopic (exact) mass is 261 g/mol. The molecule has 1 unspecified atom stereocenters. The molecule has 4 heteroatoms. The summed E-state index contributed by atoms with van der Waals surface area (Å²) in [6, 6.07) is 8.24. The van der Waals surface area contributed by atoms with Gasteiger partial charge in [-0.2, -0.15) is 0 Å². The smallest absolute Gasteiger partial charge is 0.0949 e. The third kappa shape index (κ3) is 2.26. The van der Waals surface area contributed by atoms with Crippen molar-refractivity contribution in [2.45, 2.75) is 19.9 Å². The van der Waals surface area contributed by atoms with Gasteiger partial charge in [0.15, 0.2) is 0 Å². The summed E-state index contributed by atoms with van der Waals surface area (Å²) in [6.07, 6.45) is 2.02. The van der Waals surface area contributed by atoms with E-state index >= 15 is 0 Å². The molecule has 2 rings (SSSR count). The summed E-state index contributed by atoms with van der Waals surface area (Å²) >= 11 is 5.26. The van der Waals surface area contributed by atoms with E-state index < -0.39 is 0 Å². The summed E-state index contributed by atoms with van der Waals surface area (Å²) in [7, 11) is 0. The molecule has 1 heterocycles. The Morgan fingerprint density at radius 3 is 2.61 bits per heavy atom. The molecule has 0 spiro atoms. The first-order valence-electron chi connectivity index (χ1n) is 6.28. The van der Waals surface area contributed by atoms with Crippen molar-refractivity contribution in [2.24, 2.45) is 5.73 Å². The fourth-order valence-corrected chi connectivity index (χ4v) is 2.71. The van der Waals surface area contributed by atoms with Crippen LogP contribution in [0.1, 0.15) is 25.5 Å². The van der Waals surface area contributed by atoms with Crippen molar-refractivity contribution in [3.05, 3.63) is 36.0 Å². The molecule has 0 bridgehead atoms. The van der Waals surface area contributed by atoms with Crippen molar-refractivity contribution in [1.82, 2.24) is 9.88 Å². The zero-order chi connectivity index (χ0) is 13.1. The molecule has 0 radical (unpaired) electrons. The molecule has 96 valence electrons. The van der Waals surface area contributed by atoms with Crippen LogP contribution in [0.25, 0.3) is 10.9 Å². The predicted molar refractivity (Wildman–Crippen MR) is 80.7 cm³/mol. The Labute approximate surface area is 113 Å². The first-order chi connectivity index (χ1) is 8.69. The summed E-state index contributed by atoms with van der Waals surface area (Å²) in [5.74, 6) is 0. The summed E-state index contributed by atoms with van der Waals surface area (Å²) in [5.41, 5.74) is 8.24. The molecule has 1 aromatic carbocycles. The highest BCUT2D eigenvalue weighted by Crippen LogP contribution is 2.28. The predicted octanol–water partition coefficient (Wildman–Crippen LogP) is 2.84. The Kier molecular flexibility index (Phi) is 3.99. The average molecular weight is 261 g/mol. The number of hydrogen-bond donors (Lipinski definition) is 2. The number of para-hydroxylation sites is 1. The quantitative estimate of drug-likeness (QED) is 0.814. The van der Waals surface area contributed by atoms with E-state index in [1.807, 2.05) is 18.3 Å². The fourth-order valence-electron chi connectivity index (χ4n) is 2.44. The van der Waals surface area contributed by atoms with Crippen LogP contribution >= 0.6 is 12.2 Å². The molecular weight excluding hydrogens is 242 g/mol. The van der Waals surface area contributed by atoms with Crippen LogP contribution in [0.3, 0.4) is 0 Å². The molecule has 0 saturated heterocycles. The van der Waals surface area contributed by atoms with Gasteiger partial charge in [-0.1, -0.05) is 44.3 Å². The SMILES string of the molecule is CCN(CC)C(C(N)=S)c1c[nH]c2ccccc12. The van der Waals surface area contributed by atoms with Gasteiger partial charge in [-0.05, 0) is 19.2 Å². The molecule has 0 fully saturated rings. The zero-order valence-corrected chi connectivity index (χ0v) is 11.6. The summed E-state index contributed by atoms with van der Waals surface area (Å²) in [6.45, 7) is 6.11. The van der Waals surface area contributed by atoms with Crippen LogP contribution in [0.4, 0.5) is 0 Å². The van der Waals surface area contributed by atoms with Crippen molar-refractivity contribution >= 4 is 28.1 Å². The number of aromatic nitrogens is 1. The maximum atomic E-state index is 5.95. The lowest BCUT2D eigenvalue weighted by Crippen LogP contribution is -2.36. The Morgan fingerprint density at radius 2 is 2.00 bits per heavy atom.